The Kier molecular flexibility index (Phi) is 2.52. The Labute approximate surface area is 92.6 Å². The number of alkyl halides is 5. The van der Waals surface area contributed by atoms with E-state index >= 15 is 0 Å². The summed E-state index contributed by atoms with van der Waals surface area (Å²) in [6, 6.07) is 2.71. The minimum absolute atomic E-state index is 0.538. The average molecular weight is 255 g/mol. The summed E-state index contributed by atoms with van der Waals surface area (Å²) in [7, 11) is 0. The molecule has 1 heterocycles. The third-order valence-electron chi connectivity index (χ3n) is 2.46. The molecule has 0 amide bonds. The van der Waals surface area contributed by atoms with Crippen LogP contribution in [-0.4, -0.2) is 19.0 Å². The zero-order valence-electron chi connectivity index (χ0n) is 8.36. The van der Waals surface area contributed by atoms with Gasteiger partial charge in [0.15, 0.2) is 0 Å². The molecular weight excluding hydrogens is 248 g/mol. The van der Waals surface area contributed by atoms with E-state index in [1.165, 1.54) is 0 Å². The average Bonchev–Trinajstić information content (AvgIpc) is 2.11. The molecule has 0 N–H and O–H groups in total. The van der Waals surface area contributed by atoms with E-state index in [1.807, 2.05) is 0 Å². The first-order chi connectivity index (χ1) is 7.71. The van der Waals surface area contributed by atoms with Crippen molar-refractivity contribution in [2.75, 3.05) is 18.0 Å². The Morgan fingerprint density at radius 2 is 1.71 bits per heavy atom. The highest BCUT2D eigenvalue weighted by Crippen LogP contribution is 2.41. The van der Waals surface area contributed by atoms with Crippen LogP contribution >= 0.6 is 0 Å². The molecule has 0 radical (unpaired) electrons. The number of rotatable bonds is 1. The molecule has 7 heteroatoms. The Morgan fingerprint density at radius 1 is 1.12 bits per heavy atom. The van der Waals surface area contributed by atoms with Crippen molar-refractivity contribution >= 4 is 5.69 Å². The van der Waals surface area contributed by atoms with Gasteiger partial charge in [-0.05, 0) is 12.1 Å². The van der Waals surface area contributed by atoms with Crippen LogP contribution in [0.2, 0.25) is 0 Å². The molecule has 94 valence electrons. The van der Waals surface area contributed by atoms with E-state index in [-0.39, 0.29) is 0 Å². The first kappa shape index (κ1) is 12.1. The lowest BCUT2D eigenvalue weighted by molar-refractivity contribution is -0.140. The van der Waals surface area contributed by atoms with Crippen LogP contribution < -0.4 is 4.90 Å². The van der Waals surface area contributed by atoms with Gasteiger partial charge in [0, 0.05) is 0 Å². The third kappa shape index (κ3) is 2.18. The van der Waals surface area contributed by atoms with Gasteiger partial charge in [-0.25, -0.2) is 13.2 Å². The van der Waals surface area contributed by atoms with Crippen molar-refractivity contribution in [3.63, 3.8) is 0 Å². The van der Waals surface area contributed by atoms with Crippen molar-refractivity contribution in [3.8, 4) is 0 Å². The maximum Gasteiger partial charge on any atom is 0.421 e. The molecule has 0 aliphatic carbocycles. The Balaban J connectivity index is 2.39. The third-order valence-corrected chi connectivity index (χ3v) is 2.46. The van der Waals surface area contributed by atoms with Gasteiger partial charge in [0.1, 0.15) is 11.4 Å². The summed E-state index contributed by atoms with van der Waals surface area (Å²) in [5.41, 5.74) is -2.03. The van der Waals surface area contributed by atoms with Crippen LogP contribution in [-0.2, 0) is 6.18 Å². The van der Waals surface area contributed by atoms with Crippen molar-refractivity contribution in [1.82, 2.24) is 0 Å². The zero-order chi connectivity index (χ0) is 12.8. The molecule has 1 nitrogen and oxygen atoms in total. The van der Waals surface area contributed by atoms with Crippen molar-refractivity contribution in [2.45, 2.75) is 12.1 Å². The van der Waals surface area contributed by atoms with E-state index in [9.17, 15) is 26.3 Å². The van der Waals surface area contributed by atoms with E-state index in [0.717, 1.165) is 17.0 Å². The smallest absolute Gasteiger partial charge is 0.359 e. The molecule has 0 bridgehead atoms. The van der Waals surface area contributed by atoms with Gasteiger partial charge in [-0.1, -0.05) is 6.07 Å². The first-order valence-electron chi connectivity index (χ1n) is 4.69. The second kappa shape index (κ2) is 3.54. The fraction of sp³-hybridized carbons (Fsp3) is 0.400. The molecule has 0 spiro atoms. The first-order valence-corrected chi connectivity index (χ1v) is 4.69. The second-order valence-corrected chi connectivity index (χ2v) is 3.84. The van der Waals surface area contributed by atoms with Gasteiger partial charge in [-0.2, -0.15) is 13.2 Å². The van der Waals surface area contributed by atoms with Gasteiger partial charge in [-0.15, -0.1) is 0 Å². The minimum atomic E-state index is -4.90. The lowest BCUT2D eigenvalue weighted by atomic mass is 10.1. The molecule has 0 saturated carbocycles. The normalized spacial score (nSPS) is 19.1. The molecule has 1 aromatic rings. The number of halogens is 6. The quantitative estimate of drug-likeness (QED) is 0.696. The van der Waals surface area contributed by atoms with Crippen molar-refractivity contribution in [1.29, 1.82) is 0 Å². The predicted molar refractivity (Wildman–Crippen MR) is 48.6 cm³/mol. The number of hydrogen-bond acceptors (Lipinski definition) is 1. The standard InChI is InChI=1S/C10H7F6N/c11-6-2-1-3-7(8(6)10(14,15)16)17-4-9(12,13)5-17/h1-3H,4-5H2. The fourth-order valence-corrected chi connectivity index (χ4v) is 1.74. The lowest BCUT2D eigenvalue weighted by Crippen LogP contribution is -2.56. The molecule has 2 rings (SSSR count). The number of hydrogen-bond donors (Lipinski definition) is 0. The van der Waals surface area contributed by atoms with Crippen molar-refractivity contribution < 1.29 is 26.3 Å². The summed E-state index contributed by atoms with van der Waals surface area (Å²) in [6.45, 7) is -1.64. The van der Waals surface area contributed by atoms with Gasteiger partial charge in [0.05, 0.1) is 18.8 Å². The molecule has 1 saturated heterocycles. The number of anilines is 1. The number of benzene rings is 1. The second-order valence-electron chi connectivity index (χ2n) is 3.84. The molecule has 1 fully saturated rings. The SMILES string of the molecule is Fc1cccc(N2CC(F)(F)C2)c1C(F)(F)F. The van der Waals surface area contributed by atoms with E-state index in [0.29, 0.717) is 6.07 Å². The van der Waals surface area contributed by atoms with Crippen LogP contribution in [0.25, 0.3) is 0 Å². The van der Waals surface area contributed by atoms with Gasteiger partial charge in [0.2, 0.25) is 0 Å². The van der Waals surface area contributed by atoms with Crippen molar-refractivity contribution in [2.24, 2.45) is 0 Å². The van der Waals surface area contributed by atoms with Crippen LogP contribution in [0.4, 0.5) is 32.0 Å². The Hall–Kier alpha value is -1.40. The minimum Gasteiger partial charge on any atom is -0.359 e. The molecule has 1 aromatic carbocycles. The van der Waals surface area contributed by atoms with Crippen LogP contribution in [0.1, 0.15) is 5.56 Å². The van der Waals surface area contributed by atoms with Gasteiger partial charge in [-0.3, -0.25) is 0 Å². The Bertz CT molecular complexity index is 431. The monoisotopic (exact) mass is 255 g/mol. The van der Waals surface area contributed by atoms with Gasteiger partial charge >= 0.3 is 6.18 Å². The van der Waals surface area contributed by atoms with Gasteiger partial charge < -0.3 is 4.90 Å². The topological polar surface area (TPSA) is 3.24 Å². The van der Waals surface area contributed by atoms with E-state index in [4.69, 9.17) is 0 Å². The van der Waals surface area contributed by atoms with E-state index in [1.54, 1.807) is 0 Å². The van der Waals surface area contributed by atoms with E-state index in [2.05, 4.69) is 0 Å². The van der Waals surface area contributed by atoms with Crippen LogP contribution in [0.15, 0.2) is 18.2 Å². The molecular formula is C10H7F6N. The molecule has 17 heavy (non-hydrogen) atoms. The maximum absolute atomic E-state index is 13.1. The zero-order valence-corrected chi connectivity index (χ0v) is 8.36. The predicted octanol–water partition coefficient (Wildman–Crippen LogP) is 3.30. The van der Waals surface area contributed by atoms with E-state index < -0.39 is 42.3 Å². The fourth-order valence-electron chi connectivity index (χ4n) is 1.74. The highest BCUT2D eigenvalue weighted by Gasteiger charge is 2.47. The summed E-state index contributed by atoms with van der Waals surface area (Å²) >= 11 is 0. The molecule has 0 aromatic heterocycles. The van der Waals surface area contributed by atoms with Crippen molar-refractivity contribution in [3.05, 3.63) is 29.6 Å². The lowest BCUT2D eigenvalue weighted by Gasteiger charge is -2.41. The highest BCUT2D eigenvalue weighted by molar-refractivity contribution is 5.58. The molecule has 1 aliphatic rings. The maximum atomic E-state index is 13.1. The van der Waals surface area contributed by atoms with Crippen LogP contribution in [0.3, 0.4) is 0 Å². The van der Waals surface area contributed by atoms with Crippen LogP contribution in [0, 0.1) is 5.82 Å². The number of nitrogens with zero attached hydrogens (tertiary/aromatic N) is 1. The summed E-state index contributed by atoms with van der Waals surface area (Å²) in [6.07, 6.45) is -4.90. The van der Waals surface area contributed by atoms with Gasteiger partial charge in [0.25, 0.3) is 5.92 Å². The highest BCUT2D eigenvalue weighted by atomic mass is 19.4. The molecule has 1 aliphatic heterocycles. The molecule has 0 atom stereocenters. The summed E-state index contributed by atoms with van der Waals surface area (Å²) in [5, 5.41) is 0. The largest absolute Gasteiger partial charge is 0.421 e. The molecule has 0 unspecified atom stereocenters. The van der Waals surface area contributed by atoms with Crippen LogP contribution in [0.5, 0.6) is 0 Å². The summed E-state index contributed by atoms with van der Waals surface area (Å²) in [4.78, 5) is 0.811. The summed E-state index contributed by atoms with van der Waals surface area (Å²) in [5.74, 6) is -4.46. The summed E-state index contributed by atoms with van der Waals surface area (Å²) < 4.78 is 76.0. The Morgan fingerprint density at radius 3 is 2.18 bits per heavy atom.